The first-order chi connectivity index (χ1) is 10.2. The molecule has 1 fully saturated rings. The van der Waals surface area contributed by atoms with Gasteiger partial charge in [0, 0.05) is 23.4 Å². The Hall–Kier alpha value is -1.68. The fourth-order valence-electron chi connectivity index (χ4n) is 2.89. The number of benzene rings is 1. The van der Waals surface area contributed by atoms with Crippen LogP contribution in [-0.4, -0.2) is 22.3 Å². The fraction of sp³-hybridized carbons (Fsp3) is 0.294. The van der Waals surface area contributed by atoms with Gasteiger partial charge in [-0.3, -0.25) is 9.78 Å². The zero-order valence-electron chi connectivity index (χ0n) is 11.9. The highest BCUT2D eigenvalue weighted by molar-refractivity contribution is 9.10. The van der Waals surface area contributed by atoms with Crippen LogP contribution in [0.25, 0.3) is 0 Å². The van der Waals surface area contributed by atoms with Gasteiger partial charge < -0.3 is 4.90 Å². The lowest BCUT2D eigenvalue weighted by Gasteiger charge is -2.25. The second-order valence-corrected chi connectivity index (χ2v) is 6.28. The van der Waals surface area contributed by atoms with Gasteiger partial charge >= 0.3 is 0 Å². The summed E-state index contributed by atoms with van der Waals surface area (Å²) >= 11 is 3.49. The molecule has 0 spiro atoms. The van der Waals surface area contributed by atoms with Crippen LogP contribution in [0.5, 0.6) is 0 Å². The highest BCUT2D eigenvalue weighted by Crippen LogP contribution is 2.33. The molecule has 3 rings (SSSR count). The zero-order valence-corrected chi connectivity index (χ0v) is 13.5. The molecule has 1 aromatic carbocycles. The van der Waals surface area contributed by atoms with E-state index < -0.39 is 0 Å². The molecule has 0 aliphatic carbocycles. The number of likely N-dealkylation sites (tertiary alicyclic amines) is 1. The molecule has 0 saturated carbocycles. The van der Waals surface area contributed by atoms with Gasteiger partial charge in [0.05, 0.1) is 11.6 Å². The van der Waals surface area contributed by atoms with Gasteiger partial charge in [-0.05, 0) is 59.5 Å². The third-order valence-corrected chi connectivity index (χ3v) is 4.63. The van der Waals surface area contributed by atoms with Crippen molar-refractivity contribution in [3.63, 3.8) is 0 Å². The Morgan fingerprint density at radius 1 is 1.38 bits per heavy atom. The summed E-state index contributed by atoms with van der Waals surface area (Å²) in [5, 5.41) is 0. The van der Waals surface area contributed by atoms with E-state index in [9.17, 15) is 4.79 Å². The Morgan fingerprint density at radius 2 is 2.24 bits per heavy atom. The molecule has 1 aromatic heterocycles. The van der Waals surface area contributed by atoms with Crippen LogP contribution in [0.2, 0.25) is 0 Å². The minimum absolute atomic E-state index is 0.0944. The smallest absolute Gasteiger partial charge is 0.255 e. The normalized spacial score (nSPS) is 18.0. The molecule has 0 radical (unpaired) electrons. The van der Waals surface area contributed by atoms with Crippen molar-refractivity contribution in [2.75, 3.05) is 6.54 Å². The number of hydrogen-bond donors (Lipinski definition) is 0. The van der Waals surface area contributed by atoms with Crippen LogP contribution in [0.4, 0.5) is 0 Å². The number of amides is 1. The molecule has 4 heteroatoms. The number of nitrogens with zero attached hydrogens (tertiary/aromatic N) is 2. The van der Waals surface area contributed by atoms with Gasteiger partial charge in [-0.15, -0.1) is 0 Å². The van der Waals surface area contributed by atoms with Gasteiger partial charge in [-0.25, -0.2) is 0 Å². The second-order valence-electron chi connectivity index (χ2n) is 5.43. The predicted octanol–water partition coefficient (Wildman–Crippen LogP) is 4.13. The van der Waals surface area contributed by atoms with Crippen LogP contribution >= 0.6 is 15.9 Å². The Morgan fingerprint density at radius 3 is 3.00 bits per heavy atom. The summed E-state index contributed by atoms with van der Waals surface area (Å²) in [6, 6.07) is 10.0. The number of aromatic nitrogens is 1. The molecular formula is C17H17BrN2O. The maximum absolute atomic E-state index is 12.9. The Labute approximate surface area is 133 Å². The first kappa shape index (κ1) is 14.3. The first-order valence-corrected chi connectivity index (χ1v) is 7.93. The minimum Gasteiger partial charge on any atom is -0.332 e. The minimum atomic E-state index is 0.0944. The van der Waals surface area contributed by atoms with Crippen molar-refractivity contribution in [2.24, 2.45) is 0 Å². The van der Waals surface area contributed by atoms with Crippen LogP contribution in [0, 0.1) is 6.92 Å². The first-order valence-electron chi connectivity index (χ1n) is 7.14. The number of halogens is 1. The summed E-state index contributed by atoms with van der Waals surface area (Å²) in [5.74, 6) is 0.0944. The molecule has 2 heterocycles. The topological polar surface area (TPSA) is 33.2 Å². The molecule has 21 heavy (non-hydrogen) atoms. The van der Waals surface area contributed by atoms with Crippen molar-refractivity contribution >= 4 is 21.8 Å². The number of aryl methyl sites for hydroxylation is 1. The Kier molecular flexibility index (Phi) is 4.06. The van der Waals surface area contributed by atoms with E-state index >= 15 is 0 Å². The average Bonchev–Trinajstić information content (AvgIpc) is 2.99. The lowest BCUT2D eigenvalue weighted by molar-refractivity contribution is 0.0734. The molecule has 3 nitrogen and oxygen atoms in total. The van der Waals surface area contributed by atoms with Gasteiger partial charge in [0.15, 0.2) is 0 Å². The molecule has 1 atom stereocenters. The van der Waals surface area contributed by atoms with Gasteiger partial charge in [-0.1, -0.05) is 17.7 Å². The molecule has 1 aliphatic rings. The largest absolute Gasteiger partial charge is 0.332 e. The van der Waals surface area contributed by atoms with E-state index in [0.717, 1.165) is 40.5 Å². The molecule has 0 bridgehead atoms. The maximum Gasteiger partial charge on any atom is 0.255 e. The van der Waals surface area contributed by atoms with E-state index in [0.29, 0.717) is 0 Å². The number of pyridine rings is 1. The summed E-state index contributed by atoms with van der Waals surface area (Å²) in [6.45, 7) is 2.81. The molecule has 108 valence electrons. The van der Waals surface area contributed by atoms with E-state index in [2.05, 4.69) is 27.0 Å². The van der Waals surface area contributed by atoms with Gasteiger partial charge in [0.1, 0.15) is 0 Å². The maximum atomic E-state index is 12.9. The standard InChI is InChI=1S/C17H17BrN2O/c1-12-6-7-15(18)14(10-12)17(21)20-9-3-5-16(20)13-4-2-8-19-11-13/h2,4,6-8,10-11,16H,3,5,9H2,1H3. The molecule has 1 amide bonds. The van der Waals surface area contributed by atoms with Crippen LogP contribution in [0.3, 0.4) is 0 Å². The van der Waals surface area contributed by atoms with Crippen molar-refractivity contribution in [2.45, 2.75) is 25.8 Å². The van der Waals surface area contributed by atoms with Gasteiger partial charge in [0.2, 0.25) is 0 Å². The number of carbonyl (C=O) groups is 1. The van der Waals surface area contributed by atoms with Crippen molar-refractivity contribution in [3.8, 4) is 0 Å². The average molecular weight is 345 g/mol. The quantitative estimate of drug-likeness (QED) is 0.820. The van der Waals surface area contributed by atoms with E-state index in [1.807, 2.05) is 42.3 Å². The van der Waals surface area contributed by atoms with E-state index in [1.54, 1.807) is 6.20 Å². The molecule has 1 aliphatic heterocycles. The summed E-state index contributed by atoms with van der Waals surface area (Å²) in [4.78, 5) is 19.0. The van der Waals surface area contributed by atoms with Gasteiger partial charge in [0.25, 0.3) is 5.91 Å². The SMILES string of the molecule is Cc1ccc(Br)c(C(=O)N2CCCC2c2cccnc2)c1. The predicted molar refractivity (Wildman–Crippen MR) is 86.1 cm³/mol. The molecule has 1 unspecified atom stereocenters. The van der Waals surface area contributed by atoms with E-state index in [1.165, 1.54) is 0 Å². The Balaban J connectivity index is 1.92. The van der Waals surface area contributed by atoms with Crippen LogP contribution in [0.15, 0.2) is 47.2 Å². The fourth-order valence-corrected chi connectivity index (χ4v) is 3.30. The Bertz CT molecular complexity index is 657. The highest BCUT2D eigenvalue weighted by Gasteiger charge is 2.31. The van der Waals surface area contributed by atoms with Crippen LogP contribution in [-0.2, 0) is 0 Å². The van der Waals surface area contributed by atoms with E-state index in [-0.39, 0.29) is 11.9 Å². The van der Waals surface area contributed by atoms with Gasteiger partial charge in [-0.2, -0.15) is 0 Å². The van der Waals surface area contributed by atoms with Crippen molar-refractivity contribution in [1.82, 2.24) is 9.88 Å². The highest BCUT2D eigenvalue weighted by atomic mass is 79.9. The molecular weight excluding hydrogens is 328 g/mol. The van der Waals surface area contributed by atoms with E-state index in [4.69, 9.17) is 0 Å². The lowest BCUT2D eigenvalue weighted by Crippen LogP contribution is -2.30. The zero-order chi connectivity index (χ0) is 14.8. The van der Waals surface area contributed by atoms with Crippen molar-refractivity contribution in [1.29, 1.82) is 0 Å². The lowest BCUT2D eigenvalue weighted by atomic mass is 10.1. The van der Waals surface area contributed by atoms with Crippen molar-refractivity contribution in [3.05, 3.63) is 63.9 Å². The molecule has 2 aromatic rings. The number of rotatable bonds is 2. The molecule has 0 N–H and O–H groups in total. The summed E-state index contributed by atoms with van der Waals surface area (Å²) < 4.78 is 0.856. The number of hydrogen-bond acceptors (Lipinski definition) is 2. The van der Waals surface area contributed by atoms with Crippen LogP contribution in [0.1, 0.15) is 40.4 Å². The summed E-state index contributed by atoms with van der Waals surface area (Å²) in [7, 11) is 0. The summed E-state index contributed by atoms with van der Waals surface area (Å²) in [5.41, 5.74) is 2.96. The third-order valence-electron chi connectivity index (χ3n) is 3.94. The van der Waals surface area contributed by atoms with Crippen LogP contribution < -0.4 is 0 Å². The summed E-state index contributed by atoms with van der Waals surface area (Å²) in [6.07, 6.45) is 5.67. The molecule has 1 saturated heterocycles. The third kappa shape index (κ3) is 2.86. The second kappa shape index (κ2) is 5.98. The number of carbonyl (C=O) groups excluding carboxylic acids is 1. The van der Waals surface area contributed by atoms with Crippen molar-refractivity contribution < 1.29 is 4.79 Å². The monoisotopic (exact) mass is 344 g/mol.